The van der Waals surface area contributed by atoms with Gasteiger partial charge in [-0.2, -0.15) is 0 Å². The average molecular weight is 707 g/mol. The second-order valence-electron chi connectivity index (χ2n) is 12.0. The smallest absolute Gasteiger partial charge is 0.390 e. The molecule has 8 rings (SSSR count). The monoisotopic (exact) mass is 706 g/mol. The number of hydrogen-bond donors (Lipinski definition) is 0. The van der Waals surface area contributed by atoms with Crippen molar-refractivity contribution in [2.75, 3.05) is 0 Å². The molecule has 0 saturated heterocycles. The third-order valence-electron chi connectivity index (χ3n) is 8.57. The summed E-state index contributed by atoms with van der Waals surface area (Å²) in [4.78, 5) is 0. The Morgan fingerprint density at radius 1 is 0.420 bits per heavy atom. The van der Waals surface area contributed by atoms with Crippen LogP contribution in [0.2, 0.25) is 0 Å². The Morgan fingerprint density at radius 3 is 1.00 bits per heavy atom. The number of para-hydroxylation sites is 4. The quantitative estimate of drug-likeness (QED) is 0.177. The van der Waals surface area contributed by atoms with E-state index >= 15 is 8.78 Å². The first kappa shape index (κ1) is 31.8. The normalized spacial score (nSPS) is 11.4. The number of hydrogen-bond acceptors (Lipinski definition) is 6. The minimum absolute atomic E-state index is 0.0657. The van der Waals surface area contributed by atoms with Gasteiger partial charge in [-0.05, 0) is 86.3 Å². The highest BCUT2D eigenvalue weighted by Crippen LogP contribution is 2.50. The molecule has 10 heteroatoms. The fraction of sp³-hybridized carbons (Fsp3) is 0.100. The zero-order chi connectivity index (χ0) is 34.5. The van der Waals surface area contributed by atoms with Crippen molar-refractivity contribution in [3.05, 3.63) is 143 Å². The summed E-state index contributed by atoms with van der Waals surface area (Å²) in [5.41, 5.74) is 3.66. The molecule has 0 amide bonds. The van der Waals surface area contributed by atoms with Gasteiger partial charge in [0.2, 0.25) is 0 Å². The lowest BCUT2D eigenvalue weighted by Gasteiger charge is -2.19. The van der Waals surface area contributed by atoms with E-state index in [0.29, 0.717) is 44.6 Å². The zero-order valence-corrected chi connectivity index (χ0v) is 29.3. The summed E-state index contributed by atoms with van der Waals surface area (Å²) < 4.78 is 71.5. The summed E-state index contributed by atoms with van der Waals surface area (Å²) in [7, 11) is -4.36. The third kappa shape index (κ3) is 5.61. The van der Waals surface area contributed by atoms with E-state index in [1.807, 2.05) is 97.1 Å². The van der Waals surface area contributed by atoms with Crippen molar-refractivity contribution in [3.63, 3.8) is 0 Å². The van der Waals surface area contributed by atoms with E-state index < -0.39 is 28.1 Å². The maximum atomic E-state index is 16.7. The van der Waals surface area contributed by atoms with Crippen molar-refractivity contribution in [2.24, 2.45) is 0 Å². The molecule has 0 spiro atoms. The number of aryl methyl sites for hydroxylation is 4. The molecule has 0 saturated carbocycles. The van der Waals surface area contributed by atoms with Gasteiger partial charge in [-0.15, -0.1) is 0 Å². The molecule has 0 atom stereocenters. The summed E-state index contributed by atoms with van der Waals surface area (Å²) in [6.45, 7) is 6.80. The van der Waals surface area contributed by atoms with Crippen LogP contribution in [-0.2, 0) is 0 Å². The van der Waals surface area contributed by atoms with Gasteiger partial charge in [-0.25, -0.2) is 8.78 Å². The first-order valence-corrected chi connectivity index (χ1v) is 18.1. The van der Waals surface area contributed by atoms with Crippen LogP contribution in [0.25, 0.3) is 55.0 Å². The molecule has 0 radical (unpaired) electrons. The number of benzene rings is 6. The Labute approximate surface area is 287 Å². The molecule has 0 fully saturated rings. The summed E-state index contributed by atoms with van der Waals surface area (Å²) in [6, 6.07) is 33.4. The largest absolute Gasteiger partial charge is 0.453 e. The molecule has 8 aromatic rings. The van der Waals surface area contributed by atoms with Crippen LogP contribution in [0, 0.1) is 39.3 Å². The Balaban J connectivity index is 1.37. The van der Waals surface area contributed by atoms with Gasteiger partial charge in [0.25, 0.3) is 0 Å². The molecule has 2 aromatic heterocycles. The Bertz CT molecular complexity index is 2400. The summed E-state index contributed by atoms with van der Waals surface area (Å²) in [5.74, 6) is -1.21. The highest BCUT2D eigenvalue weighted by molar-refractivity contribution is 7.32. The molecule has 0 N–H and O–H groups in total. The van der Waals surface area contributed by atoms with Crippen LogP contribution in [0.15, 0.2) is 126 Å². The van der Waals surface area contributed by atoms with Crippen LogP contribution in [-0.4, -0.2) is 0 Å². The van der Waals surface area contributed by atoms with Crippen molar-refractivity contribution >= 4 is 60.4 Å². The molecule has 0 unspecified atom stereocenters. The predicted octanol–water partition coefficient (Wildman–Crippen LogP) is 13.8. The Kier molecular flexibility index (Phi) is 8.14. The van der Waals surface area contributed by atoms with Gasteiger partial charge < -0.3 is 25.8 Å². The van der Waals surface area contributed by atoms with Crippen molar-refractivity contribution in [1.82, 2.24) is 0 Å². The Hall–Kier alpha value is -5.42. The molecule has 0 bridgehead atoms. The summed E-state index contributed by atoms with van der Waals surface area (Å²) in [6.07, 6.45) is 0. The van der Waals surface area contributed by atoms with E-state index in [0.717, 1.165) is 21.5 Å². The molecular weight excluding hydrogens is 676 g/mol. The van der Waals surface area contributed by atoms with Gasteiger partial charge in [0, 0.05) is 21.5 Å². The molecule has 6 nitrogen and oxygen atoms in total. The van der Waals surface area contributed by atoms with Crippen molar-refractivity contribution in [3.8, 4) is 22.6 Å². The standard InChI is InChI=1S/C40H30F2O6P2/c1-23-21-25(3)39(47-49-43-31-17-9-5-13-27(31)28-14-6-10-18-32(28)44-49)35(37(23)41)36-38(42)24(2)22-26(4)40(36)48-50-45-33-19-11-7-15-29(33)30-16-8-12-20-34(30)46-50/h5-22H,1-4H3. The molecule has 250 valence electrons. The van der Waals surface area contributed by atoms with E-state index in [1.165, 1.54) is 0 Å². The molecule has 6 aromatic carbocycles. The molecule has 0 aliphatic rings. The first-order valence-electron chi connectivity index (χ1n) is 15.9. The van der Waals surface area contributed by atoms with E-state index in [-0.39, 0.29) is 22.6 Å². The summed E-state index contributed by atoms with van der Waals surface area (Å²) in [5, 5.41) is 3.31. The van der Waals surface area contributed by atoms with Crippen LogP contribution in [0.3, 0.4) is 0 Å². The van der Waals surface area contributed by atoms with Crippen molar-refractivity contribution < 1.29 is 34.6 Å². The number of halogens is 2. The topological polar surface area (TPSA) is 71.0 Å². The predicted molar refractivity (Wildman–Crippen MR) is 195 cm³/mol. The SMILES string of the molecule is Cc1cc(C)c(Op2oc3ccccc3c3ccccc3o2)c(-c2c(F)c(C)cc(C)c2Op2oc3ccccc3c3ccccc3o2)c1F. The average Bonchev–Trinajstić information content (AvgIpc) is 3.38. The van der Waals surface area contributed by atoms with Crippen LogP contribution >= 0.6 is 16.5 Å². The maximum Gasteiger partial charge on any atom is 0.453 e. The highest BCUT2D eigenvalue weighted by Gasteiger charge is 2.29. The molecule has 50 heavy (non-hydrogen) atoms. The second-order valence-corrected chi connectivity index (χ2v) is 14.0. The lowest BCUT2D eigenvalue weighted by molar-refractivity contribution is 0.484. The van der Waals surface area contributed by atoms with E-state index in [4.69, 9.17) is 25.8 Å². The van der Waals surface area contributed by atoms with Crippen LogP contribution in [0.5, 0.6) is 11.5 Å². The second kappa shape index (κ2) is 12.8. The minimum Gasteiger partial charge on any atom is -0.390 e. The van der Waals surface area contributed by atoms with Crippen molar-refractivity contribution in [1.29, 1.82) is 0 Å². The first-order chi connectivity index (χ1) is 24.3. The number of fused-ring (bicyclic) bond motifs is 6. The van der Waals surface area contributed by atoms with Gasteiger partial charge in [0.15, 0.2) is 11.5 Å². The summed E-state index contributed by atoms with van der Waals surface area (Å²) >= 11 is 0. The molecular formula is C40H30F2O6P2. The van der Waals surface area contributed by atoms with Gasteiger partial charge in [-0.3, -0.25) is 0 Å². The highest BCUT2D eigenvalue weighted by atomic mass is 31.1. The van der Waals surface area contributed by atoms with E-state index in [1.54, 1.807) is 39.8 Å². The zero-order valence-electron chi connectivity index (χ0n) is 27.5. The van der Waals surface area contributed by atoms with Crippen LogP contribution < -0.4 is 9.05 Å². The van der Waals surface area contributed by atoms with Gasteiger partial charge in [0.1, 0.15) is 34.0 Å². The van der Waals surface area contributed by atoms with Gasteiger partial charge in [0.05, 0.1) is 11.1 Å². The fourth-order valence-electron chi connectivity index (χ4n) is 6.23. The maximum absolute atomic E-state index is 16.7. The molecule has 2 heterocycles. The minimum atomic E-state index is -2.18. The van der Waals surface area contributed by atoms with Gasteiger partial charge in [-0.1, -0.05) is 72.8 Å². The molecule has 0 aliphatic heterocycles. The Morgan fingerprint density at radius 2 is 0.700 bits per heavy atom. The lowest BCUT2D eigenvalue weighted by atomic mass is 9.94. The van der Waals surface area contributed by atoms with Crippen LogP contribution in [0.1, 0.15) is 22.3 Å². The van der Waals surface area contributed by atoms with Crippen LogP contribution in [0.4, 0.5) is 8.78 Å². The van der Waals surface area contributed by atoms with Crippen molar-refractivity contribution in [2.45, 2.75) is 27.7 Å². The fourth-order valence-corrected chi connectivity index (χ4v) is 8.51. The van der Waals surface area contributed by atoms with E-state index in [2.05, 4.69) is 0 Å². The van der Waals surface area contributed by atoms with Gasteiger partial charge >= 0.3 is 16.5 Å². The molecule has 0 aliphatic carbocycles. The third-order valence-corrected chi connectivity index (χ3v) is 10.6. The number of rotatable bonds is 5. The van der Waals surface area contributed by atoms with E-state index in [9.17, 15) is 0 Å². The lowest BCUT2D eigenvalue weighted by Crippen LogP contribution is -2.02.